The van der Waals surface area contributed by atoms with Crippen molar-refractivity contribution in [3.05, 3.63) is 97.6 Å². The Hall–Kier alpha value is -2.48. The Bertz CT molecular complexity index is 893. The smallest absolute Gasteiger partial charge is 0.335 e. The van der Waals surface area contributed by atoms with E-state index in [2.05, 4.69) is 6.58 Å². The molecule has 0 aliphatic rings. The largest absolute Gasteiger partial charge is 0.423 e. The van der Waals surface area contributed by atoms with Crippen molar-refractivity contribution < 1.29 is 9.53 Å². The van der Waals surface area contributed by atoms with E-state index < -0.39 is 12.0 Å². The van der Waals surface area contributed by atoms with E-state index >= 15 is 0 Å². The Morgan fingerprint density at radius 1 is 0.840 bits per heavy atom. The lowest BCUT2D eigenvalue weighted by Gasteiger charge is -2.25. The van der Waals surface area contributed by atoms with Gasteiger partial charge in [-0.3, -0.25) is 0 Å². The summed E-state index contributed by atoms with van der Waals surface area (Å²) in [6, 6.07) is 25.2. The van der Waals surface area contributed by atoms with Crippen molar-refractivity contribution in [1.29, 1.82) is 0 Å². The van der Waals surface area contributed by atoms with Gasteiger partial charge >= 0.3 is 5.97 Å². The Morgan fingerprint density at radius 2 is 1.32 bits per heavy atom. The highest BCUT2D eigenvalue weighted by molar-refractivity contribution is 8.25. The standard InChI is InChI=1S/C21H17O2PS/c1-2-21(22)23-19-15-9-10-16-20(19)24(25,17-11-5-3-6-12-17)18-13-7-4-8-14-18/h2-16H,1H2. The van der Waals surface area contributed by atoms with Crippen LogP contribution in [0.3, 0.4) is 0 Å². The van der Waals surface area contributed by atoms with Gasteiger partial charge in [-0.15, -0.1) is 0 Å². The molecule has 0 saturated heterocycles. The molecule has 0 atom stereocenters. The number of ether oxygens (including phenoxy) is 1. The van der Waals surface area contributed by atoms with Crippen molar-refractivity contribution in [2.24, 2.45) is 0 Å². The summed E-state index contributed by atoms with van der Waals surface area (Å²) in [6.45, 7) is 3.47. The number of hydrogen-bond donors (Lipinski definition) is 0. The Kier molecular flexibility index (Phi) is 5.28. The van der Waals surface area contributed by atoms with Crippen LogP contribution in [0.5, 0.6) is 5.75 Å². The number of hydrogen-bond acceptors (Lipinski definition) is 3. The van der Waals surface area contributed by atoms with Gasteiger partial charge < -0.3 is 4.74 Å². The molecule has 0 saturated carbocycles. The van der Waals surface area contributed by atoms with Crippen LogP contribution in [0.15, 0.2) is 97.6 Å². The van der Waals surface area contributed by atoms with Gasteiger partial charge in [-0.1, -0.05) is 91.2 Å². The zero-order valence-electron chi connectivity index (χ0n) is 13.5. The van der Waals surface area contributed by atoms with Crippen molar-refractivity contribution in [3.63, 3.8) is 0 Å². The average molecular weight is 364 g/mol. The van der Waals surface area contributed by atoms with Gasteiger partial charge in [-0.25, -0.2) is 4.79 Å². The van der Waals surface area contributed by atoms with Crippen LogP contribution >= 0.6 is 6.04 Å². The summed E-state index contributed by atoms with van der Waals surface area (Å²) in [5.74, 6) is -0.00133. The van der Waals surface area contributed by atoms with Gasteiger partial charge in [0.25, 0.3) is 0 Å². The maximum Gasteiger partial charge on any atom is 0.335 e. The Labute approximate surface area is 152 Å². The van der Waals surface area contributed by atoms with Crippen LogP contribution < -0.4 is 20.7 Å². The van der Waals surface area contributed by atoms with Crippen LogP contribution in [0.25, 0.3) is 0 Å². The van der Waals surface area contributed by atoms with E-state index in [1.54, 1.807) is 6.07 Å². The zero-order chi connectivity index (χ0) is 17.7. The Morgan fingerprint density at radius 3 is 1.84 bits per heavy atom. The van der Waals surface area contributed by atoms with Crippen LogP contribution in [0, 0.1) is 0 Å². The molecule has 0 aliphatic carbocycles. The van der Waals surface area contributed by atoms with Gasteiger partial charge in [0.1, 0.15) is 5.75 Å². The minimum absolute atomic E-state index is 0.489. The van der Waals surface area contributed by atoms with Crippen molar-refractivity contribution in [2.75, 3.05) is 0 Å². The normalized spacial score (nSPS) is 10.9. The lowest BCUT2D eigenvalue weighted by molar-refractivity contribution is -0.128. The van der Waals surface area contributed by atoms with Gasteiger partial charge in [0.05, 0.1) is 0 Å². The number of esters is 1. The molecule has 0 bridgehead atoms. The summed E-state index contributed by atoms with van der Waals surface area (Å²) >= 11 is 6.27. The summed E-state index contributed by atoms with van der Waals surface area (Å²) in [5.41, 5.74) is 0. The molecule has 0 heterocycles. The predicted molar refractivity (Wildman–Crippen MR) is 108 cm³/mol. The number of benzene rings is 3. The van der Waals surface area contributed by atoms with Crippen LogP contribution in [-0.2, 0) is 16.6 Å². The van der Waals surface area contributed by atoms with E-state index in [1.807, 2.05) is 78.9 Å². The molecule has 0 unspecified atom stereocenters. The molecule has 0 fully saturated rings. The highest BCUT2D eigenvalue weighted by atomic mass is 32.4. The van der Waals surface area contributed by atoms with Gasteiger partial charge in [0.15, 0.2) is 0 Å². The molecule has 0 N–H and O–H groups in total. The van der Waals surface area contributed by atoms with Crippen LogP contribution in [0.1, 0.15) is 0 Å². The molecule has 3 aromatic carbocycles. The summed E-state index contributed by atoms with van der Waals surface area (Å²) in [7, 11) is 0. The molecule has 0 amide bonds. The average Bonchev–Trinajstić information content (AvgIpc) is 2.69. The van der Waals surface area contributed by atoms with Gasteiger partial charge in [-0.05, 0) is 22.7 Å². The maximum absolute atomic E-state index is 11.8. The van der Waals surface area contributed by atoms with Crippen molar-refractivity contribution >= 4 is 39.7 Å². The third-order valence-corrected chi connectivity index (χ3v) is 8.78. The molecule has 4 heteroatoms. The molecule has 0 aliphatic heterocycles. The van der Waals surface area contributed by atoms with E-state index in [-0.39, 0.29) is 0 Å². The molecule has 3 rings (SSSR count). The number of para-hydroxylation sites is 1. The number of carbonyl (C=O) groups is 1. The lowest BCUT2D eigenvalue weighted by Crippen LogP contribution is -2.26. The molecular formula is C21H17O2PS. The second kappa shape index (κ2) is 7.60. The molecule has 0 aromatic heterocycles. The van der Waals surface area contributed by atoms with Crippen molar-refractivity contribution in [1.82, 2.24) is 0 Å². The molecule has 3 aromatic rings. The fraction of sp³-hybridized carbons (Fsp3) is 0. The highest BCUT2D eigenvalue weighted by Crippen LogP contribution is 2.45. The first-order valence-corrected chi connectivity index (χ1v) is 10.6. The molecule has 0 radical (unpaired) electrons. The second-order valence-electron chi connectivity index (χ2n) is 5.37. The molecular weight excluding hydrogens is 347 g/mol. The van der Waals surface area contributed by atoms with E-state index in [4.69, 9.17) is 16.5 Å². The summed E-state index contributed by atoms with van der Waals surface area (Å²) in [6.07, 6.45) is 1.16. The van der Waals surface area contributed by atoms with Crippen LogP contribution in [0.4, 0.5) is 0 Å². The maximum atomic E-state index is 11.8. The topological polar surface area (TPSA) is 26.3 Å². The van der Waals surface area contributed by atoms with E-state index in [0.29, 0.717) is 5.75 Å². The third kappa shape index (κ3) is 3.48. The lowest BCUT2D eigenvalue weighted by atomic mass is 10.3. The second-order valence-corrected chi connectivity index (χ2v) is 9.75. The molecule has 124 valence electrons. The van der Waals surface area contributed by atoms with Gasteiger partial charge in [0, 0.05) is 17.4 Å². The first kappa shape index (κ1) is 17.3. The fourth-order valence-corrected chi connectivity index (χ4v) is 6.60. The van der Waals surface area contributed by atoms with E-state index in [9.17, 15) is 4.79 Å². The van der Waals surface area contributed by atoms with Gasteiger partial charge in [0.2, 0.25) is 0 Å². The van der Waals surface area contributed by atoms with Crippen molar-refractivity contribution in [3.8, 4) is 5.75 Å². The van der Waals surface area contributed by atoms with Crippen LogP contribution in [-0.4, -0.2) is 5.97 Å². The first-order valence-electron chi connectivity index (χ1n) is 7.81. The third-order valence-electron chi connectivity index (χ3n) is 3.82. The SMILES string of the molecule is C=CC(=O)Oc1ccccc1P(=S)(c1ccccc1)c1ccccc1. The Balaban J connectivity index is 2.26. The predicted octanol–water partition coefficient (Wildman–Crippen LogP) is 3.53. The molecule has 25 heavy (non-hydrogen) atoms. The van der Waals surface area contributed by atoms with E-state index in [1.165, 1.54) is 0 Å². The first-order chi connectivity index (χ1) is 12.2. The number of rotatable bonds is 5. The summed E-state index contributed by atoms with van der Waals surface area (Å²) in [4.78, 5) is 11.8. The van der Waals surface area contributed by atoms with Gasteiger partial charge in [-0.2, -0.15) is 0 Å². The quantitative estimate of drug-likeness (QED) is 0.300. The number of carbonyl (C=O) groups excluding carboxylic acids is 1. The van der Waals surface area contributed by atoms with Crippen molar-refractivity contribution in [2.45, 2.75) is 0 Å². The van der Waals surface area contributed by atoms with E-state index in [0.717, 1.165) is 22.0 Å². The minimum Gasteiger partial charge on any atom is -0.423 e. The highest BCUT2D eigenvalue weighted by Gasteiger charge is 2.28. The zero-order valence-corrected chi connectivity index (χ0v) is 15.3. The monoisotopic (exact) mass is 364 g/mol. The fourth-order valence-electron chi connectivity index (χ4n) is 2.66. The summed E-state index contributed by atoms with van der Waals surface area (Å²) in [5, 5.41) is 2.97. The molecule has 2 nitrogen and oxygen atoms in total. The molecule has 0 spiro atoms. The van der Waals surface area contributed by atoms with Crippen LogP contribution in [0.2, 0.25) is 0 Å². The summed E-state index contributed by atoms with van der Waals surface area (Å²) < 4.78 is 5.49. The minimum atomic E-state index is -2.36.